The maximum Gasteiger partial charge on any atom is 0.336 e. The molecule has 2 unspecified atom stereocenters. The number of aryl methyl sites for hydroxylation is 1. The van der Waals surface area contributed by atoms with Crippen molar-refractivity contribution in [2.75, 3.05) is 0 Å². The Morgan fingerprint density at radius 2 is 1.74 bits per heavy atom. The molecule has 0 saturated heterocycles. The lowest BCUT2D eigenvalue weighted by Crippen LogP contribution is -2.48. The molecule has 0 fully saturated rings. The molecule has 1 aromatic rings. The van der Waals surface area contributed by atoms with Crippen LogP contribution in [0.2, 0.25) is 0 Å². The zero-order valence-electron chi connectivity index (χ0n) is 11.4. The summed E-state index contributed by atoms with van der Waals surface area (Å²) in [6, 6.07) is 1.95. The van der Waals surface area contributed by atoms with Crippen LogP contribution in [0, 0.1) is 24.5 Å². The highest BCUT2D eigenvalue weighted by Crippen LogP contribution is 2.36. The van der Waals surface area contributed by atoms with Crippen molar-refractivity contribution in [1.82, 2.24) is 0 Å². The summed E-state index contributed by atoms with van der Waals surface area (Å²) in [5.41, 5.74) is -2.15. The van der Waals surface area contributed by atoms with Crippen LogP contribution in [0.15, 0.2) is 12.1 Å². The van der Waals surface area contributed by atoms with Crippen molar-refractivity contribution in [3.05, 3.63) is 34.9 Å². The van der Waals surface area contributed by atoms with Crippen LogP contribution in [0.25, 0.3) is 0 Å². The molecule has 1 rings (SSSR count). The number of halogens is 2. The maximum absolute atomic E-state index is 13.9. The summed E-state index contributed by atoms with van der Waals surface area (Å²) in [7, 11) is 0. The molecule has 5 heteroatoms. The van der Waals surface area contributed by atoms with Gasteiger partial charge in [0.25, 0.3) is 0 Å². The molecule has 0 heterocycles. The monoisotopic (exact) mass is 272 g/mol. The van der Waals surface area contributed by atoms with Crippen molar-refractivity contribution in [1.29, 1.82) is 0 Å². The standard InChI is InChI=1S/C14H18F2O3/c1-7(2)14(19,13(17)18)9(4)10-6-11(15)8(3)5-12(10)16/h5-7,9,19H,1-4H3,(H,17,18). The molecule has 0 spiro atoms. The molecule has 1 aromatic carbocycles. The van der Waals surface area contributed by atoms with Gasteiger partial charge < -0.3 is 10.2 Å². The third-order valence-corrected chi connectivity index (χ3v) is 3.63. The van der Waals surface area contributed by atoms with E-state index in [0.29, 0.717) is 0 Å². The van der Waals surface area contributed by atoms with Gasteiger partial charge >= 0.3 is 5.97 Å². The van der Waals surface area contributed by atoms with E-state index in [-0.39, 0.29) is 11.1 Å². The fraction of sp³-hybridized carbons (Fsp3) is 0.500. The van der Waals surface area contributed by atoms with Gasteiger partial charge in [-0.05, 0) is 36.1 Å². The van der Waals surface area contributed by atoms with Gasteiger partial charge in [-0.25, -0.2) is 13.6 Å². The first-order valence-electron chi connectivity index (χ1n) is 6.03. The minimum absolute atomic E-state index is 0.136. The normalized spacial score (nSPS) is 16.2. The number of rotatable bonds is 4. The van der Waals surface area contributed by atoms with Gasteiger partial charge in [0, 0.05) is 5.92 Å². The van der Waals surface area contributed by atoms with Gasteiger partial charge in [0.15, 0.2) is 5.60 Å². The molecular formula is C14H18F2O3. The molecular weight excluding hydrogens is 254 g/mol. The van der Waals surface area contributed by atoms with E-state index in [2.05, 4.69) is 0 Å². The molecule has 106 valence electrons. The number of aliphatic carboxylic acids is 1. The van der Waals surface area contributed by atoms with Crippen molar-refractivity contribution in [2.24, 2.45) is 5.92 Å². The highest BCUT2D eigenvalue weighted by Gasteiger charge is 2.46. The van der Waals surface area contributed by atoms with Gasteiger partial charge in [0.1, 0.15) is 11.6 Å². The van der Waals surface area contributed by atoms with E-state index in [9.17, 15) is 23.8 Å². The lowest BCUT2D eigenvalue weighted by molar-refractivity contribution is -0.166. The molecule has 0 aliphatic carbocycles. The zero-order valence-corrected chi connectivity index (χ0v) is 11.4. The van der Waals surface area contributed by atoms with Crippen LogP contribution in [-0.4, -0.2) is 21.8 Å². The summed E-state index contributed by atoms with van der Waals surface area (Å²) in [6.07, 6.45) is 0. The Bertz CT molecular complexity index is 500. The van der Waals surface area contributed by atoms with Crippen molar-refractivity contribution < 1.29 is 23.8 Å². The molecule has 0 aromatic heterocycles. The number of hydrogen-bond donors (Lipinski definition) is 2. The molecule has 0 aliphatic heterocycles. The highest BCUT2D eigenvalue weighted by atomic mass is 19.1. The average molecular weight is 272 g/mol. The maximum atomic E-state index is 13.9. The predicted molar refractivity (Wildman–Crippen MR) is 66.9 cm³/mol. The van der Waals surface area contributed by atoms with E-state index < -0.39 is 35.0 Å². The first-order valence-corrected chi connectivity index (χ1v) is 6.03. The lowest BCUT2D eigenvalue weighted by Gasteiger charge is -2.34. The Balaban J connectivity index is 3.37. The van der Waals surface area contributed by atoms with Gasteiger partial charge in [-0.15, -0.1) is 0 Å². The first-order chi connectivity index (χ1) is 8.62. The topological polar surface area (TPSA) is 57.5 Å². The van der Waals surface area contributed by atoms with E-state index in [1.54, 1.807) is 0 Å². The molecule has 0 saturated carbocycles. The second-order valence-corrected chi connectivity index (χ2v) is 5.13. The van der Waals surface area contributed by atoms with Crippen LogP contribution in [0.1, 0.15) is 37.8 Å². The summed E-state index contributed by atoms with van der Waals surface area (Å²) in [6.45, 7) is 5.83. The lowest BCUT2D eigenvalue weighted by atomic mass is 9.75. The van der Waals surface area contributed by atoms with Crippen LogP contribution >= 0.6 is 0 Å². The second kappa shape index (κ2) is 5.25. The Morgan fingerprint density at radius 3 is 2.16 bits per heavy atom. The molecule has 0 radical (unpaired) electrons. The van der Waals surface area contributed by atoms with Gasteiger partial charge in [-0.2, -0.15) is 0 Å². The Labute approximate surface area is 110 Å². The van der Waals surface area contributed by atoms with Crippen LogP contribution in [0.4, 0.5) is 8.78 Å². The van der Waals surface area contributed by atoms with Crippen LogP contribution < -0.4 is 0 Å². The van der Waals surface area contributed by atoms with Crippen LogP contribution in [-0.2, 0) is 4.79 Å². The minimum Gasteiger partial charge on any atom is -0.479 e. The highest BCUT2D eigenvalue weighted by molar-refractivity contribution is 5.79. The van der Waals surface area contributed by atoms with Crippen molar-refractivity contribution >= 4 is 5.97 Å². The number of carboxylic acids is 1. The summed E-state index contributed by atoms with van der Waals surface area (Å²) in [5.74, 6) is -4.51. The SMILES string of the molecule is Cc1cc(F)c(C(C)C(O)(C(=O)O)C(C)C)cc1F. The van der Waals surface area contributed by atoms with Crippen molar-refractivity contribution in [3.63, 3.8) is 0 Å². The van der Waals surface area contributed by atoms with E-state index in [1.165, 1.54) is 27.7 Å². The molecule has 3 nitrogen and oxygen atoms in total. The Kier molecular flexibility index (Phi) is 4.30. The van der Waals surface area contributed by atoms with Gasteiger partial charge in [0.2, 0.25) is 0 Å². The van der Waals surface area contributed by atoms with Crippen LogP contribution in [0.3, 0.4) is 0 Å². The van der Waals surface area contributed by atoms with E-state index in [0.717, 1.165) is 12.1 Å². The largest absolute Gasteiger partial charge is 0.479 e. The second-order valence-electron chi connectivity index (χ2n) is 5.13. The smallest absolute Gasteiger partial charge is 0.336 e. The third-order valence-electron chi connectivity index (χ3n) is 3.63. The summed E-state index contributed by atoms with van der Waals surface area (Å²) >= 11 is 0. The minimum atomic E-state index is -2.15. The Morgan fingerprint density at radius 1 is 1.21 bits per heavy atom. The molecule has 19 heavy (non-hydrogen) atoms. The molecule has 0 amide bonds. The molecule has 2 atom stereocenters. The molecule has 0 aliphatic rings. The molecule has 0 bridgehead atoms. The number of benzene rings is 1. The number of carboxylic acid groups (broad SMARTS) is 1. The number of carbonyl (C=O) groups is 1. The summed E-state index contributed by atoms with van der Waals surface area (Å²) < 4.78 is 27.4. The quantitative estimate of drug-likeness (QED) is 0.886. The van der Waals surface area contributed by atoms with E-state index >= 15 is 0 Å². The Hall–Kier alpha value is -1.49. The van der Waals surface area contributed by atoms with Crippen LogP contribution in [0.5, 0.6) is 0 Å². The fourth-order valence-electron chi connectivity index (χ4n) is 2.16. The summed E-state index contributed by atoms with van der Waals surface area (Å²) in [4.78, 5) is 11.3. The predicted octanol–water partition coefficient (Wildman–Crippen LogP) is 2.85. The zero-order chi connectivity index (χ0) is 15.0. The van der Waals surface area contributed by atoms with Gasteiger partial charge in [-0.3, -0.25) is 0 Å². The molecule has 2 N–H and O–H groups in total. The van der Waals surface area contributed by atoms with Crippen molar-refractivity contribution in [2.45, 2.75) is 39.2 Å². The first kappa shape index (κ1) is 15.6. The number of aliphatic hydroxyl groups is 1. The van der Waals surface area contributed by atoms with Gasteiger partial charge in [0.05, 0.1) is 0 Å². The van der Waals surface area contributed by atoms with Gasteiger partial charge in [-0.1, -0.05) is 20.8 Å². The van der Waals surface area contributed by atoms with E-state index in [4.69, 9.17) is 0 Å². The average Bonchev–Trinajstić information content (AvgIpc) is 2.31. The number of hydrogen-bond acceptors (Lipinski definition) is 2. The third kappa shape index (κ3) is 2.61. The summed E-state index contributed by atoms with van der Waals surface area (Å²) in [5, 5.41) is 19.5. The van der Waals surface area contributed by atoms with Crippen molar-refractivity contribution in [3.8, 4) is 0 Å². The van der Waals surface area contributed by atoms with E-state index in [1.807, 2.05) is 0 Å². The fourth-order valence-corrected chi connectivity index (χ4v) is 2.16.